The van der Waals surface area contributed by atoms with E-state index in [0.717, 1.165) is 58.9 Å². The molecule has 2 atom stereocenters. The van der Waals surface area contributed by atoms with Gasteiger partial charge in [-0.1, -0.05) is 64.0 Å². The van der Waals surface area contributed by atoms with E-state index < -0.39 is 0 Å². The van der Waals surface area contributed by atoms with Crippen molar-refractivity contribution < 1.29 is 4.74 Å². The number of allylic oxidation sites excluding steroid dienone is 2. The number of aromatic nitrogens is 4. The standard InChI is InChI=1S/C42H46N4O/c1-7-29-14-13-15-30(8-2)41(29)42-36(9-3)44-46(37(42)10-4)31-22-28(6)23-33(25-31)47-32-18-19-35-34-16-11-12-17-38(34)45(39(35)26-32)40-24-27(5)20-21-43-40/h11-12,14,16-26,30,41H,7-10,13,15H2,1-6H3/t30-,41+/m0/s1. The Balaban J connectivity index is 1.31. The Labute approximate surface area is 278 Å². The molecule has 0 unspecified atom stereocenters. The van der Waals surface area contributed by atoms with Crippen molar-refractivity contribution in [3.8, 4) is 23.0 Å². The number of pyridine rings is 1. The lowest BCUT2D eigenvalue weighted by Crippen LogP contribution is -2.20. The molecule has 5 nitrogen and oxygen atoms in total. The van der Waals surface area contributed by atoms with Crippen molar-refractivity contribution in [3.63, 3.8) is 0 Å². The summed E-state index contributed by atoms with van der Waals surface area (Å²) in [5, 5.41) is 7.69. The minimum atomic E-state index is 0.458. The number of ether oxygens (including phenoxy) is 1. The third-order valence-corrected chi connectivity index (χ3v) is 10.1. The van der Waals surface area contributed by atoms with E-state index >= 15 is 0 Å². The van der Waals surface area contributed by atoms with Crippen LogP contribution in [0.25, 0.3) is 33.3 Å². The van der Waals surface area contributed by atoms with Crippen molar-refractivity contribution in [2.24, 2.45) is 5.92 Å². The summed E-state index contributed by atoms with van der Waals surface area (Å²) in [5.41, 5.74) is 11.2. The fraction of sp³-hybridized carbons (Fsp3) is 0.333. The highest BCUT2D eigenvalue weighted by Crippen LogP contribution is 2.45. The summed E-state index contributed by atoms with van der Waals surface area (Å²) in [6.07, 6.45) is 11.0. The lowest BCUT2D eigenvalue weighted by atomic mass is 9.71. The fourth-order valence-corrected chi connectivity index (χ4v) is 7.94. The SMILES string of the molecule is CCC1=CCC[C@H](CC)[C@@H]1c1c(CC)nn(-c2cc(C)cc(Oc3ccc4c5ccccc5n(-c5cc(C)ccn5)c4c3)c2)c1CC. The van der Waals surface area contributed by atoms with Gasteiger partial charge in [0.05, 0.1) is 22.4 Å². The number of fused-ring (bicyclic) bond motifs is 3. The molecule has 0 spiro atoms. The third-order valence-electron chi connectivity index (χ3n) is 10.1. The molecule has 0 bridgehead atoms. The monoisotopic (exact) mass is 622 g/mol. The highest BCUT2D eigenvalue weighted by molar-refractivity contribution is 6.09. The second-order valence-electron chi connectivity index (χ2n) is 13.1. The Kier molecular flexibility index (Phi) is 8.48. The van der Waals surface area contributed by atoms with Crippen LogP contribution in [0.3, 0.4) is 0 Å². The van der Waals surface area contributed by atoms with E-state index in [4.69, 9.17) is 14.8 Å². The van der Waals surface area contributed by atoms with Gasteiger partial charge in [0.15, 0.2) is 0 Å². The maximum atomic E-state index is 6.68. The van der Waals surface area contributed by atoms with Crippen molar-refractivity contribution in [3.05, 3.63) is 119 Å². The minimum absolute atomic E-state index is 0.458. The van der Waals surface area contributed by atoms with Gasteiger partial charge in [-0.25, -0.2) is 9.67 Å². The molecule has 0 amide bonds. The van der Waals surface area contributed by atoms with Crippen molar-refractivity contribution in [1.82, 2.24) is 19.3 Å². The first-order valence-electron chi connectivity index (χ1n) is 17.5. The van der Waals surface area contributed by atoms with Crippen LogP contribution in [0.2, 0.25) is 0 Å². The van der Waals surface area contributed by atoms with Crippen LogP contribution in [-0.2, 0) is 12.8 Å². The molecule has 3 heterocycles. The van der Waals surface area contributed by atoms with Gasteiger partial charge in [0.25, 0.3) is 0 Å². The molecule has 0 saturated heterocycles. The van der Waals surface area contributed by atoms with Crippen molar-refractivity contribution in [2.75, 3.05) is 0 Å². The average Bonchev–Trinajstić information content (AvgIpc) is 3.62. The van der Waals surface area contributed by atoms with Crippen LogP contribution >= 0.6 is 0 Å². The lowest BCUT2D eigenvalue weighted by Gasteiger charge is -2.33. The summed E-state index contributed by atoms with van der Waals surface area (Å²) in [4.78, 5) is 4.75. The molecule has 1 aliphatic rings. The van der Waals surface area contributed by atoms with E-state index in [9.17, 15) is 0 Å². The highest BCUT2D eigenvalue weighted by Gasteiger charge is 2.33. The van der Waals surface area contributed by atoms with Crippen LogP contribution in [-0.4, -0.2) is 19.3 Å². The van der Waals surface area contributed by atoms with Crippen LogP contribution in [0.5, 0.6) is 11.5 Å². The van der Waals surface area contributed by atoms with Gasteiger partial charge in [0.2, 0.25) is 0 Å². The molecule has 6 aromatic rings. The number of hydrogen-bond acceptors (Lipinski definition) is 3. The number of hydrogen-bond donors (Lipinski definition) is 0. The van der Waals surface area contributed by atoms with Crippen LogP contribution < -0.4 is 4.74 Å². The smallest absolute Gasteiger partial charge is 0.137 e. The Morgan fingerprint density at radius 3 is 2.38 bits per heavy atom. The molecule has 240 valence electrons. The van der Waals surface area contributed by atoms with Crippen LogP contribution in [0, 0.1) is 19.8 Å². The lowest BCUT2D eigenvalue weighted by molar-refractivity contribution is 0.392. The van der Waals surface area contributed by atoms with Gasteiger partial charge in [0.1, 0.15) is 17.3 Å². The highest BCUT2D eigenvalue weighted by atomic mass is 16.5. The number of benzene rings is 3. The first-order chi connectivity index (χ1) is 22.9. The predicted molar refractivity (Wildman–Crippen MR) is 195 cm³/mol. The molecule has 47 heavy (non-hydrogen) atoms. The Bertz CT molecular complexity index is 2110. The maximum absolute atomic E-state index is 6.68. The Hall–Kier alpha value is -4.64. The van der Waals surface area contributed by atoms with Crippen LogP contribution in [0.1, 0.15) is 87.4 Å². The molecule has 7 rings (SSSR count). The number of rotatable bonds is 9. The van der Waals surface area contributed by atoms with Crippen LogP contribution in [0.15, 0.2) is 90.6 Å². The molecule has 0 radical (unpaired) electrons. The van der Waals surface area contributed by atoms with Gasteiger partial charge >= 0.3 is 0 Å². The zero-order valence-electron chi connectivity index (χ0n) is 28.7. The molecule has 0 saturated carbocycles. The average molecular weight is 623 g/mol. The second-order valence-corrected chi connectivity index (χ2v) is 13.1. The molecular weight excluding hydrogens is 576 g/mol. The topological polar surface area (TPSA) is 44.9 Å². The minimum Gasteiger partial charge on any atom is -0.457 e. The molecule has 1 aliphatic carbocycles. The molecule has 0 fully saturated rings. The fourth-order valence-electron chi connectivity index (χ4n) is 7.94. The summed E-state index contributed by atoms with van der Waals surface area (Å²) in [6.45, 7) is 13.5. The van der Waals surface area contributed by atoms with Gasteiger partial charge < -0.3 is 4.74 Å². The molecule has 5 heteroatoms. The van der Waals surface area contributed by atoms with Crippen molar-refractivity contribution >= 4 is 21.8 Å². The maximum Gasteiger partial charge on any atom is 0.137 e. The number of aryl methyl sites for hydroxylation is 3. The van der Waals surface area contributed by atoms with Gasteiger partial charge in [0, 0.05) is 46.3 Å². The molecule has 0 N–H and O–H groups in total. The summed E-state index contributed by atoms with van der Waals surface area (Å²) < 4.78 is 11.1. The first-order valence-corrected chi connectivity index (χ1v) is 17.5. The van der Waals surface area contributed by atoms with Crippen molar-refractivity contribution in [1.29, 1.82) is 0 Å². The first kappa shape index (κ1) is 31.0. The van der Waals surface area contributed by atoms with E-state index in [0.29, 0.717) is 11.8 Å². The second kappa shape index (κ2) is 12.9. The summed E-state index contributed by atoms with van der Waals surface area (Å²) in [5.74, 6) is 3.64. The van der Waals surface area contributed by atoms with E-state index in [1.807, 2.05) is 12.3 Å². The largest absolute Gasteiger partial charge is 0.457 e. The molecule has 3 aromatic heterocycles. The molecular formula is C42H46N4O. The van der Waals surface area contributed by atoms with Gasteiger partial charge in [-0.15, -0.1) is 0 Å². The van der Waals surface area contributed by atoms with Gasteiger partial charge in [-0.2, -0.15) is 5.10 Å². The number of para-hydroxylation sites is 1. The number of nitrogens with zero attached hydrogens (tertiary/aromatic N) is 4. The van der Waals surface area contributed by atoms with Crippen molar-refractivity contribution in [2.45, 2.75) is 86.0 Å². The molecule has 3 aromatic carbocycles. The normalized spacial score (nSPS) is 16.6. The zero-order valence-corrected chi connectivity index (χ0v) is 28.7. The predicted octanol–water partition coefficient (Wildman–Crippen LogP) is 11.1. The van der Waals surface area contributed by atoms with E-state index in [1.54, 1.807) is 5.57 Å². The van der Waals surface area contributed by atoms with E-state index in [2.05, 4.69) is 124 Å². The summed E-state index contributed by atoms with van der Waals surface area (Å²) in [6, 6.07) is 25.6. The van der Waals surface area contributed by atoms with Crippen LogP contribution in [0.4, 0.5) is 0 Å². The Morgan fingerprint density at radius 1 is 0.787 bits per heavy atom. The summed E-state index contributed by atoms with van der Waals surface area (Å²) >= 11 is 0. The Morgan fingerprint density at radius 2 is 1.62 bits per heavy atom. The quantitative estimate of drug-likeness (QED) is 0.151. The summed E-state index contributed by atoms with van der Waals surface area (Å²) in [7, 11) is 0. The molecule has 0 aliphatic heterocycles. The van der Waals surface area contributed by atoms with Gasteiger partial charge in [-0.05, 0) is 105 Å². The zero-order chi connectivity index (χ0) is 32.7. The van der Waals surface area contributed by atoms with E-state index in [-0.39, 0.29) is 0 Å². The third kappa shape index (κ3) is 5.56. The van der Waals surface area contributed by atoms with E-state index in [1.165, 1.54) is 52.5 Å². The van der Waals surface area contributed by atoms with Gasteiger partial charge in [-0.3, -0.25) is 4.57 Å².